The fourth-order valence-electron chi connectivity index (χ4n) is 2.82. The van der Waals surface area contributed by atoms with E-state index < -0.39 is 5.60 Å². The number of halogens is 1. The number of nitrogens with zero attached hydrogens (tertiary/aromatic N) is 2. The second-order valence-corrected chi connectivity index (χ2v) is 5.63. The van der Waals surface area contributed by atoms with E-state index in [2.05, 4.69) is 10.1 Å². The van der Waals surface area contributed by atoms with Gasteiger partial charge in [-0.1, -0.05) is 16.8 Å². The van der Waals surface area contributed by atoms with Gasteiger partial charge in [0.05, 0.1) is 5.02 Å². The molecule has 0 radical (unpaired) electrons. The zero-order chi connectivity index (χ0) is 14.9. The smallest absolute Gasteiger partial charge is 0.258 e. The molecule has 1 fully saturated rings. The Bertz CT molecular complexity index is 636. The van der Waals surface area contributed by atoms with E-state index >= 15 is 0 Å². The number of ether oxygens (including phenoxy) is 1. The van der Waals surface area contributed by atoms with Gasteiger partial charge in [-0.2, -0.15) is 4.98 Å². The van der Waals surface area contributed by atoms with E-state index in [-0.39, 0.29) is 10.8 Å². The van der Waals surface area contributed by atoms with Crippen molar-refractivity contribution in [2.45, 2.75) is 38.2 Å². The standard InChI is InChI=1S/C15H17ClN2O3/c1-2-20-15(7-3-4-8-15)14-17-13(21-18-14)10-5-6-12(19)11(16)9-10/h5-6,9,19H,2-4,7-8H2,1H3. The molecule has 2 aromatic rings. The summed E-state index contributed by atoms with van der Waals surface area (Å²) < 4.78 is 11.3. The van der Waals surface area contributed by atoms with Gasteiger partial charge in [-0.3, -0.25) is 0 Å². The summed E-state index contributed by atoms with van der Waals surface area (Å²) in [7, 11) is 0. The number of hydrogen-bond acceptors (Lipinski definition) is 5. The first-order valence-electron chi connectivity index (χ1n) is 7.12. The second kappa shape index (κ2) is 5.66. The molecule has 0 bridgehead atoms. The molecule has 0 saturated heterocycles. The molecule has 5 nitrogen and oxygen atoms in total. The normalized spacial score (nSPS) is 17.2. The number of aromatic nitrogens is 2. The minimum Gasteiger partial charge on any atom is -0.506 e. The maximum atomic E-state index is 9.46. The van der Waals surface area contributed by atoms with Gasteiger partial charge in [-0.05, 0) is 50.8 Å². The molecular weight excluding hydrogens is 292 g/mol. The molecule has 1 aliphatic rings. The zero-order valence-electron chi connectivity index (χ0n) is 11.8. The van der Waals surface area contributed by atoms with E-state index in [9.17, 15) is 5.11 Å². The van der Waals surface area contributed by atoms with Crippen molar-refractivity contribution in [1.82, 2.24) is 10.1 Å². The fraction of sp³-hybridized carbons (Fsp3) is 0.467. The Morgan fingerprint density at radius 3 is 2.81 bits per heavy atom. The van der Waals surface area contributed by atoms with Gasteiger partial charge in [0, 0.05) is 12.2 Å². The van der Waals surface area contributed by atoms with Gasteiger partial charge in [-0.25, -0.2) is 0 Å². The lowest BCUT2D eigenvalue weighted by Crippen LogP contribution is -2.27. The molecule has 1 aromatic carbocycles. The van der Waals surface area contributed by atoms with Gasteiger partial charge < -0.3 is 14.4 Å². The number of aromatic hydroxyl groups is 1. The summed E-state index contributed by atoms with van der Waals surface area (Å²) >= 11 is 5.91. The highest BCUT2D eigenvalue weighted by Gasteiger charge is 2.40. The predicted molar refractivity (Wildman–Crippen MR) is 78.2 cm³/mol. The molecule has 112 valence electrons. The minimum absolute atomic E-state index is 0.0294. The third-order valence-electron chi connectivity index (χ3n) is 3.86. The van der Waals surface area contributed by atoms with Gasteiger partial charge in [0.1, 0.15) is 11.4 Å². The summed E-state index contributed by atoms with van der Waals surface area (Å²) in [4.78, 5) is 4.48. The quantitative estimate of drug-likeness (QED) is 0.927. The molecule has 0 amide bonds. The van der Waals surface area contributed by atoms with Crippen LogP contribution in [0.3, 0.4) is 0 Å². The topological polar surface area (TPSA) is 68.4 Å². The Morgan fingerprint density at radius 2 is 2.14 bits per heavy atom. The maximum absolute atomic E-state index is 9.46. The van der Waals surface area contributed by atoms with Gasteiger partial charge in [0.2, 0.25) is 5.82 Å². The Balaban J connectivity index is 1.93. The highest BCUT2D eigenvalue weighted by atomic mass is 35.5. The van der Waals surface area contributed by atoms with Crippen molar-refractivity contribution in [3.8, 4) is 17.2 Å². The van der Waals surface area contributed by atoms with Crippen LogP contribution in [0, 0.1) is 0 Å². The molecule has 3 rings (SSSR count). The Hall–Kier alpha value is -1.59. The van der Waals surface area contributed by atoms with E-state index in [4.69, 9.17) is 20.9 Å². The van der Waals surface area contributed by atoms with Crippen molar-refractivity contribution in [2.24, 2.45) is 0 Å². The molecule has 21 heavy (non-hydrogen) atoms. The summed E-state index contributed by atoms with van der Waals surface area (Å²) in [6, 6.07) is 4.81. The number of hydrogen-bond donors (Lipinski definition) is 1. The van der Waals surface area contributed by atoms with Crippen molar-refractivity contribution < 1.29 is 14.4 Å². The van der Waals surface area contributed by atoms with Gasteiger partial charge in [-0.15, -0.1) is 0 Å². The monoisotopic (exact) mass is 308 g/mol. The van der Waals surface area contributed by atoms with Crippen molar-refractivity contribution >= 4 is 11.6 Å². The average molecular weight is 309 g/mol. The first-order chi connectivity index (χ1) is 10.1. The summed E-state index contributed by atoms with van der Waals surface area (Å²) in [5.41, 5.74) is 0.262. The van der Waals surface area contributed by atoms with E-state index in [0.717, 1.165) is 25.7 Å². The van der Waals surface area contributed by atoms with Crippen LogP contribution >= 0.6 is 11.6 Å². The molecule has 0 aliphatic heterocycles. The maximum Gasteiger partial charge on any atom is 0.258 e. The number of rotatable bonds is 4. The summed E-state index contributed by atoms with van der Waals surface area (Å²) in [5.74, 6) is 1.01. The van der Waals surface area contributed by atoms with Gasteiger partial charge >= 0.3 is 0 Å². The molecule has 6 heteroatoms. The summed E-state index contributed by atoms with van der Waals surface area (Å²) in [6.45, 7) is 2.59. The first kappa shape index (κ1) is 14.4. The van der Waals surface area contributed by atoms with Crippen molar-refractivity contribution in [1.29, 1.82) is 0 Å². The lowest BCUT2D eigenvalue weighted by atomic mass is 10.0. The predicted octanol–water partition coefficient (Wildman–Crippen LogP) is 3.90. The van der Waals surface area contributed by atoms with E-state index in [1.807, 2.05) is 6.92 Å². The molecule has 1 N–H and O–H groups in total. The van der Waals surface area contributed by atoms with Crippen LogP contribution in [0.25, 0.3) is 11.5 Å². The molecular formula is C15H17ClN2O3. The van der Waals surface area contributed by atoms with Crippen LogP contribution in [0.15, 0.2) is 22.7 Å². The van der Waals surface area contributed by atoms with E-state index in [1.165, 1.54) is 6.07 Å². The largest absolute Gasteiger partial charge is 0.506 e. The van der Waals surface area contributed by atoms with E-state index in [0.29, 0.717) is 23.9 Å². The van der Waals surface area contributed by atoms with Crippen molar-refractivity contribution in [3.05, 3.63) is 29.0 Å². The minimum atomic E-state index is -0.419. The lowest BCUT2D eigenvalue weighted by Gasteiger charge is -2.24. The van der Waals surface area contributed by atoms with Crippen molar-refractivity contribution in [2.75, 3.05) is 6.61 Å². The highest BCUT2D eigenvalue weighted by Crippen LogP contribution is 2.41. The third-order valence-corrected chi connectivity index (χ3v) is 4.16. The fourth-order valence-corrected chi connectivity index (χ4v) is 3.00. The van der Waals surface area contributed by atoms with Crippen LogP contribution < -0.4 is 0 Å². The molecule has 1 heterocycles. The third kappa shape index (κ3) is 2.63. The zero-order valence-corrected chi connectivity index (χ0v) is 12.6. The number of benzene rings is 1. The van der Waals surface area contributed by atoms with Crippen LogP contribution in [0.2, 0.25) is 5.02 Å². The Morgan fingerprint density at radius 1 is 1.38 bits per heavy atom. The van der Waals surface area contributed by atoms with Crippen LogP contribution in [0.5, 0.6) is 5.75 Å². The molecule has 1 aliphatic carbocycles. The summed E-state index contributed by atoms with van der Waals surface area (Å²) in [6.07, 6.45) is 4.04. The van der Waals surface area contributed by atoms with Gasteiger partial charge in [0.25, 0.3) is 5.89 Å². The first-order valence-corrected chi connectivity index (χ1v) is 7.49. The van der Waals surface area contributed by atoms with Crippen molar-refractivity contribution in [3.63, 3.8) is 0 Å². The number of phenolic OH excluding ortho intramolecular Hbond substituents is 1. The average Bonchev–Trinajstić information content (AvgIpc) is 3.12. The number of phenols is 1. The SMILES string of the molecule is CCOC1(c2noc(-c3ccc(O)c(Cl)c3)n2)CCCC1. The van der Waals surface area contributed by atoms with Gasteiger partial charge in [0.15, 0.2) is 0 Å². The van der Waals surface area contributed by atoms with Crippen LogP contribution in [0.1, 0.15) is 38.4 Å². The van der Waals surface area contributed by atoms with E-state index in [1.54, 1.807) is 12.1 Å². The second-order valence-electron chi connectivity index (χ2n) is 5.22. The molecule has 0 spiro atoms. The Labute approximate surface area is 127 Å². The Kier molecular flexibility index (Phi) is 3.87. The molecule has 1 saturated carbocycles. The van der Waals surface area contributed by atoms with Crippen LogP contribution in [0.4, 0.5) is 0 Å². The van der Waals surface area contributed by atoms with Crippen LogP contribution in [-0.2, 0) is 10.3 Å². The molecule has 1 aromatic heterocycles. The van der Waals surface area contributed by atoms with Crippen LogP contribution in [-0.4, -0.2) is 21.9 Å². The summed E-state index contributed by atoms with van der Waals surface area (Å²) in [5, 5.41) is 13.8. The molecule has 0 atom stereocenters. The highest BCUT2D eigenvalue weighted by molar-refractivity contribution is 6.32. The molecule has 0 unspecified atom stereocenters. The lowest BCUT2D eigenvalue weighted by molar-refractivity contribution is -0.0469.